The van der Waals surface area contributed by atoms with Crippen molar-refractivity contribution in [1.29, 1.82) is 0 Å². The van der Waals surface area contributed by atoms with E-state index in [1.807, 2.05) is 24.3 Å². The molecule has 0 radical (unpaired) electrons. The van der Waals surface area contributed by atoms with Gasteiger partial charge in [0.25, 0.3) is 0 Å². The van der Waals surface area contributed by atoms with Gasteiger partial charge >= 0.3 is 0 Å². The molecular formula is C21H24ClNO4S. The molecule has 150 valence electrons. The molecule has 1 saturated carbocycles. The standard InChI is InChI=1S/C21H24ClNO4S/c1-23(21(24)19-14-18(19)17-9-3-4-10-20(17)22)11-6-12-27-15-7-5-8-16(13-15)28(2,25)26/h3-5,7-10,13,18-19H,6,11-12,14H2,1-2H3. The highest BCUT2D eigenvalue weighted by atomic mass is 35.5. The fourth-order valence-corrected chi connectivity index (χ4v) is 4.20. The maximum Gasteiger partial charge on any atom is 0.226 e. The summed E-state index contributed by atoms with van der Waals surface area (Å²) in [6.07, 6.45) is 2.66. The van der Waals surface area contributed by atoms with E-state index in [0.29, 0.717) is 25.3 Å². The highest BCUT2D eigenvalue weighted by Gasteiger charge is 2.45. The fourth-order valence-electron chi connectivity index (χ4n) is 3.27. The number of nitrogens with zero attached hydrogens (tertiary/aromatic N) is 1. The van der Waals surface area contributed by atoms with E-state index < -0.39 is 9.84 Å². The number of ether oxygens (including phenoxy) is 1. The van der Waals surface area contributed by atoms with Gasteiger partial charge in [-0.25, -0.2) is 8.42 Å². The first-order valence-corrected chi connectivity index (χ1v) is 11.5. The van der Waals surface area contributed by atoms with Crippen molar-refractivity contribution in [2.45, 2.75) is 23.7 Å². The van der Waals surface area contributed by atoms with Gasteiger partial charge in [0.2, 0.25) is 5.91 Å². The van der Waals surface area contributed by atoms with E-state index in [9.17, 15) is 13.2 Å². The second kappa shape index (κ2) is 8.53. The van der Waals surface area contributed by atoms with Gasteiger partial charge < -0.3 is 9.64 Å². The lowest BCUT2D eigenvalue weighted by atomic mass is 10.1. The summed E-state index contributed by atoms with van der Waals surface area (Å²) in [7, 11) is -1.46. The molecule has 2 aromatic rings. The van der Waals surface area contributed by atoms with Crippen LogP contribution in [0.3, 0.4) is 0 Å². The van der Waals surface area contributed by atoms with Crippen molar-refractivity contribution < 1.29 is 17.9 Å². The van der Waals surface area contributed by atoms with Crippen LogP contribution in [0.1, 0.15) is 24.3 Å². The third-order valence-corrected chi connectivity index (χ3v) is 6.38. The Balaban J connectivity index is 1.45. The van der Waals surface area contributed by atoms with Gasteiger partial charge in [-0.1, -0.05) is 35.9 Å². The smallest absolute Gasteiger partial charge is 0.226 e. The van der Waals surface area contributed by atoms with E-state index in [4.69, 9.17) is 16.3 Å². The van der Waals surface area contributed by atoms with Crippen LogP contribution in [0, 0.1) is 5.92 Å². The van der Waals surface area contributed by atoms with Crippen LogP contribution in [-0.2, 0) is 14.6 Å². The minimum atomic E-state index is -3.26. The Bertz CT molecular complexity index is 960. The van der Waals surface area contributed by atoms with Gasteiger partial charge in [-0.05, 0) is 48.6 Å². The monoisotopic (exact) mass is 421 g/mol. The number of hydrogen-bond donors (Lipinski definition) is 0. The molecule has 5 nitrogen and oxygen atoms in total. The second-order valence-corrected chi connectivity index (χ2v) is 9.60. The van der Waals surface area contributed by atoms with Crippen molar-refractivity contribution in [3.63, 3.8) is 0 Å². The molecule has 1 amide bonds. The molecule has 0 bridgehead atoms. The van der Waals surface area contributed by atoms with E-state index in [-0.39, 0.29) is 22.6 Å². The Morgan fingerprint density at radius 1 is 1.21 bits per heavy atom. The maximum absolute atomic E-state index is 12.6. The summed E-state index contributed by atoms with van der Waals surface area (Å²) in [4.78, 5) is 14.6. The van der Waals surface area contributed by atoms with Crippen molar-refractivity contribution in [3.05, 3.63) is 59.1 Å². The number of carbonyl (C=O) groups is 1. The van der Waals surface area contributed by atoms with Crippen LogP contribution in [0.25, 0.3) is 0 Å². The topological polar surface area (TPSA) is 63.7 Å². The Kier molecular flexibility index (Phi) is 6.30. The molecule has 0 aliphatic heterocycles. The number of halogens is 1. The minimum Gasteiger partial charge on any atom is -0.493 e. The molecule has 28 heavy (non-hydrogen) atoms. The summed E-state index contributed by atoms with van der Waals surface area (Å²) in [5.74, 6) is 0.845. The molecule has 0 spiro atoms. The third kappa shape index (κ3) is 5.06. The fraction of sp³-hybridized carbons (Fsp3) is 0.381. The van der Waals surface area contributed by atoms with Crippen molar-refractivity contribution in [2.75, 3.05) is 26.5 Å². The third-order valence-electron chi connectivity index (χ3n) is 4.93. The normalized spacial score (nSPS) is 18.5. The van der Waals surface area contributed by atoms with Gasteiger partial charge in [-0.3, -0.25) is 4.79 Å². The first-order chi connectivity index (χ1) is 13.3. The average molecular weight is 422 g/mol. The molecule has 0 N–H and O–H groups in total. The molecule has 2 atom stereocenters. The summed E-state index contributed by atoms with van der Waals surface area (Å²) in [5.41, 5.74) is 1.05. The molecule has 0 heterocycles. The number of sulfone groups is 1. The number of rotatable bonds is 8. The molecule has 3 rings (SSSR count). The molecule has 7 heteroatoms. The Hall–Kier alpha value is -2.05. The van der Waals surface area contributed by atoms with Crippen molar-refractivity contribution in [2.24, 2.45) is 5.92 Å². The Labute approximate surface area is 171 Å². The van der Waals surface area contributed by atoms with Crippen LogP contribution < -0.4 is 4.74 Å². The van der Waals surface area contributed by atoms with Crippen LogP contribution in [-0.4, -0.2) is 45.7 Å². The molecule has 1 aliphatic rings. The average Bonchev–Trinajstić information content (AvgIpc) is 3.45. The first-order valence-electron chi connectivity index (χ1n) is 9.19. The van der Waals surface area contributed by atoms with Gasteiger partial charge in [0, 0.05) is 30.8 Å². The molecule has 1 aliphatic carbocycles. The number of hydrogen-bond acceptors (Lipinski definition) is 4. The number of benzene rings is 2. The molecule has 0 saturated heterocycles. The quantitative estimate of drug-likeness (QED) is 0.608. The molecular weight excluding hydrogens is 398 g/mol. The SMILES string of the molecule is CN(CCCOc1cccc(S(C)(=O)=O)c1)C(=O)C1CC1c1ccccc1Cl. The Morgan fingerprint density at radius 3 is 2.68 bits per heavy atom. The minimum absolute atomic E-state index is 0.00254. The highest BCUT2D eigenvalue weighted by Crippen LogP contribution is 2.50. The highest BCUT2D eigenvalue weighted by molar-refractivity contribution is 7.90. The zero-order valence-corrected chi connectivity index (χ0v) is 17.5. The number of amides is 1. The largest absolute Gasteiger partial charge is 0.493 e. The van der Waals surface area contributed by atoms with Crippen LogP contribution in [0.5, 0.6) is 5.75 Å². The summed E-state index contributed by atoms with van der Waals surface area (Å²) in [6.45, 7) is 0.986. The molecule has 1 fully saturated rings. The predicted molar refractivity (Wildman–Crippen MR) is 110 cm³/mol. The van der Waals surface area contributed by atoms with Crippen LogP contribution in [0.4, 0.5) is 0 Å². The summed E-state index contributed by atoms with van der Waals surface area (Å²) in [6, 6.07) is 14.1. The first kappa shape index (κ1) is 20.7. The van der Waals surface area contributed by atoms with Crippen LogP contribution >= 0.6 is 11.6 Å². The lowest BCUT2D eigenvalue weighted by Crippen LogP contribution is -2.30. The predicted octanol–water partition coefficient (Wildman–Crippen LogP) is 3.77. The zero-order chi connectivity index (χ0) is 20.3. The summed E-state index contributed by atoms with van der Waals surface area (Å²) in [5, 5.41) is 0.718. The molecule has 2 aromatic carbocycles. The van der Waals surface area contributed by atoms with Crippen molar-refractivity contribution >= 4 is 27.3 Å². The van der Waals surface area contributed by atoms with E-state index >= 15 is 0 Å². The van der Waals surface area contributed by atoms with Crippen LogP contribution in [0.2, 0.25) is 5.02 Å². The lowest BCUT2D eigenvalue weighted by molar-refractivity contribution is -0.131. The lowest BCUT2D eigenvalue weighted by Gasteiger charge is -2.17. The Morgan fingerprint density at radius 2 is 1.96 bits per heavy atom. The van der Waals surface area contributed by atoms with Gasteiger partial charge in [0.1, 0.15) is 5.75 Å². The van der Waals surface area contributed by atoms with E-state index in [2.05, 4.69) is 0 Å². The summed E-state index contributed by atoms with van der Waals surface area (Å²) >= 11 is 6.23. The number of carbonyl (C=O) groups excluding carboxylic acids is 1. The van der Waals surface area contributed by atoms with Crippen LogP contribution in [0.15, 0.2) is 53.4 Å². The van der Waals surface area contributed by atoms with Crippen molar-refractivity contribution in [1.82, 2.24) is 4.90 Å². The van der Waals surface area contributed by atoms with Gasteiger partial charge in [-0.15, -0.1) is 0 Å². The molecule has 0 aromatic heterocycles. The maximum atomic E-state index is 12.6. The zero-order valence-electron chi connectivity index (χ0n) is 16.0. The van der Waals surface area contributed by atoms with Gasteiger partial charge in [-0.2, -0.15) is 0 Å². The van der Waals surface area contributed by atoms with E-state index in [0.717, 1.165) is 17.0 Å². The van der Waals surface area contributed by atoms with Gasteiger partial charge in [0.05, 0.1) is 11.5 Å². The molecule has 2 unspecified atom stereocenters. The van der Waals surface area contributed by atoms with Crippen molar-refractivity contribution in [3.8, 4) is 5.75 Å². The summed E-state index contributed by atoms with van der Waals surface area (Å²) < 4.78 is 28.8. The van der Waals surface area contributed by atoms with E-state index in [1.165, 1.54) is 12.3 Å². The van der Waals surface area contributed by atoms with E-state index in [1.54, 1.807) is 30.1 Å². The van der Waals surface area contributed by atoms with Gasteiger partial charge in [0.15, 0.2) is 9.84 Å². The second-order valence-electron chi connectivity index (χ2n) is 7.18.